The third kappa shape index (κ3) is 4.00. The number of carbonyl (C=O) groups excluding carboxylic acids is 1. The molecule has 5 nitrogen and oxygen atoms in total. The average molecular weight is 392 g/mol. The van der Waals surface area contributed by atoms with E-state index in [0.29, 0.717) is 26.9 Å². The lowest BCUT2D eigenvalue weighted by Gasteiger charge is -2.11. The molecule has 0 unspecified atom stereocenters. The number of hydrogen-bond acceptors (Lipinski definition) is 4. The first kappa shape index (κ1) is 18.3. The summed E-state index contributed by atoms with van der Waals surface area (Å²) in [5.41, 5.74) is 0.303. The highest BCUT2D eigenvalue weighted by atomic mass is 35.5. The fourth-order valence-electron chi connectivity index (χ4n) is 2.45. The van der Waals surface area contributed by atoms with Crippen LogP contribution in [0.5, 0.6) is 5.75 Å². The number of nitrogens with one attached hydrogen (secondary N) is 1. The number of fused-ring (bicyclic) bond motifs is 1. The molecule has 3 aromatic rings. The van der Waals surface area contributed by atoms with E-state index in [9.17, 15) is 9.59 Å². The summed E-state index contributed by atoms with van der Waals surface area (Å²) in [6, 6.07) is 10.9. The summed E-state index contributed by atoms with van der Waals surface area (Å²) in [5, 5.41) is 3.90. The van der Waals surface area contributed by atoms with E-state index < -0.39 is 11.5 Å². The number of ether oxygens (including phenoxy) is 1. The van der Waals surface area contributed by atoms with Gasteiger partial charge in [0.2, 0.25) is 0 Å². The zero-order valence-corrected chi connectivity index (χ0v) is 15.5. The van der Waals surface area contributed by atoms with E-state index in [0.717, 1.165) is 6.07 Å². The predicted octanol–water partition coefficient (Wildman–Crippen LogP) is 5.14. The van der Waals surface area contributed by atoms with Gasteiger partial charge in [-0.1, -0.05) is 23.2 Å². The number of carbonyl (C=O) groups is 1. The first-order valence-electron chi connectivity index (χ1n) is 7.84. The quantitative estimate of drug-likeness (QED) is 0.625. The standard InChI is InChI=1S/C19H15Cl2NO4/c1-10(2)25-12-4-5-13-14(9-18(23)26-17(13)8-12)19(24)22-11-3-6-15(20)16(21)7-11/h3-10H,1-2H3,(H,22,24). The summed E-state index contributed by atoms with van der Waals surface area (Å²) >= 11 is 11.8. The van der Waals surface area contributed by atoms with Crippen LogP contribution < -0.4 is 15.7 Å². The van der Waals surface area contributed by atoms with Crippen LogP contribution >= 0.6 is 23.2 Å². The van der Waals surface area contributed by atoms with E-state index >= 15 is 0 Å². The maximum absolute atomic E-state index is 12.6. The molecule has 1 N–H and O–H groups in total. The van der Waals surface area contributed by atoms with Crippen LogP contribution in [0, 0.1) is 0 Å². The van der Waals surface area contributed by atoms with Crippen LogP contribution in [0.25, 0.3) is 11.0 Å². The van der Waals surface area contributed by atoms with Crippen molar-refractivity contribution in [3.8, 4) is 5.75 Å². The molecule has 0 aliphatic carbocycles. The molecule has 134 valence electrons. The van der Waals surface area contributed by atoms with E-state index in [4.69, 9.17) is 32.4 Å². The van der Waals surface area contributed by atoms with Gasteiger partial charge in [0.1, 0.15) is 11.3 Å². The Morgan fingerprint density at radius 1 is 1.08 bits per heavy atom. The Hall–Kier alpha value is -2.50. The molecular formula is C19H15Cl2NO4. The molecule has 0 spiro atoms. The van der Waals surface area contributed by atoms with Crippen molar-refractivity contribution in [2.75, 3.05) is 5.32 Å². The van der Waals surface area contributed by atoms with Crippen molar-refractivity contribution in [1.29, 1.82) is 0 Å². The van der Waals surface area contributed by atoms with Crippen LogP contribution in [0.1, 0.15) is 24.2 Å². The third-order valence-electron chi connectivity index (χ3n) is 3.51. The van der Waals surface area contributed by atoms with Gasteiger partial charge in [0.05, 0.1) is 21.7 Å². The Morgan fingerprint density at radius 2 is 1.85 bits per heavy atom. The Labute approximate surface area is 159 Å². The van der Waals surface area contributed by atoms with Crippen molar-refractivity contribution in [2.45, 2.75) is 20.0 Å². The Kier molecular flexibility index (Phi) is 5.20. The van der Waals surface area contributed by atoms with Crippen molar-refractivity contribution in [1.82, 2.24) is 0 Å². The molecule has 1 aromatic heterocycles. The molecule has 26 heavy (non-hydrogen) atoms. The van der Waals surface area contributed by atoms with Gasteiger partial charge in [-0.15, -0.1) is 0 Å². The van der Waals surface area contributed by atoms with Crippen molar-refractivity contribution < 1.29 is 13.9 Å². The molecule has 1 heterocycles. The van der Waals surface area contributed by atoms with Crippen molar-refractivity contribution >= 4 is 45.8 Å². The van der Waals surface area contributed by atoms with Crippen LogP contribution in [0.3, 0.4) is 0 Å². The molecule has 0 atom stereocenters. The molecule has 2 aromatic carbocycles. The Bertz CT molecular complexity index is 1040. The summed E-state index contributed by atoms with van der Waals surface area (Å²) in [6.45, 7) is 3.78. The van der Waals surface area contributed by atoms with Gasteiger partial charge in [-0.2, -0.15) is 0 Å². The zero-order chi connectivity index (χ0) is 18.8. The van der Waals surface area contributed by atoms with E-state index in [1.165, 1.54) is 6.07 Å². The molecule has 0 saturated carbocycles. The lowest BCUT2D eigenvalue weighted by atomic mass is 10.1. The normalized spacial score (nSPS) is 11.0. The fourth-order valence-corrected chi connectivity index (χ4v) is 2.75. The van der Waals surface area contributed by atoms with Gasteiger partial charge in [-0.05, 0) is 44.2 Å². The summed E-state index contributed by atoms with van der Waals surface area (Å²) in [6.07, 6.45) is -0.0275. The topological polar surface area (TPSA) is 68.5 Å². The maximum atomic E-state index is 12.6. The van der Waals surface area contributed by atoms with Crippen molar-refractivity contribution in [3.63, 3.8) is 0 Å². The second-order valence-electron chi connectivity index (χ2n) is 5.89. The van der Waals surface area contributed by atoms with Gasteiger partial charge < -0.3 is 14.5 Å². The molecule has 0 saturated heterocycles. The first-order chi connectivity index (χ1) is 12.3. The summed E-state index contributed by atoms with van der Waals surface area (Å²) < 4.78 is 10.8. The molecule has 7 heteroatoms. The molecule has 0 aliphatic heterocycles. The van der Waals surface area contributed by atoms with Gasteiger partial charge in [-0.25, -0.2) is 4.79 Å². The van der Waals surface area contributed by atoms with Crippen molar-refractivity contribution in [3.05, 3.63) is 68.5 Å². The van der Waals surface area contributed by atoms with E-state index in [2.05, 4.69) is 5.32 Å². The van der Waals surface area contributed by atoms with Crippen molar-refractivity contribution in [2.24, 2.45) is 0 Å². The highest BCUT2D eigenvalue weighted by molar-refractivity contribution is 6.42. The fraction of sp³-hybridized carbons (Fsp3) is 0.158. The summed E-state index contributed by atoms with van der Waals surface area (Å²) in [4.78, 5) is 24.5. The second kappa shape index (κ2) is 7.40. The molecular weight excluding hydrogens is 377 g/mol. The summed E-state index contributed by atoms with van der Waals surface area (Å²) in [5.74, 6) is 0.0940. The number of hydrogen-bond donors (Lipinski definition) is 1. The Balaban J connectivity index is 1.99. The monoisotopic (exact) mass is 391 g/mol. The molecule has 0 bridgehead atoms. The third-order valence-corrected chi connectivity index (χ3v) is 4.25. The second-order valence-corrected chi connectivity index (χ2v) is 6.70. The minimum Gasteiger partial charge on any atom is -0.491 e. The SMILES string of the molecule is CC(C)Oc1ccc2c(C(=O)Nc3ccc(Cl)c(Cl)c3)cc(=O)oc2c1. The van der Waals surface area contributed by atoms with Crippen LogP contribution in [-0.2, 0) is 0 Å². The van der Waals surface area contributed by atoms with E-state index in [1.54, 1.807) is 30.3 Å². The van der Waals surface area contributed by atoms with Gasteiger partial charge in [0, 0.05) is 23.2 Å². The molecule has 0 aliphatic rings. The number of amides is 1. The van der Waals surface area contributed by atoms with Gasteiger partial charge >= 0.3 is 5.63 Å². The highest BCUT2D eigenvalue weighted by Gasteiger charge is 2.15. The number of rotatable bonds is 4. The van der Waals surface area contributed by atoms with Crippen LogP contribution in [0.2, 0.25) is 10.0 Å². The lowest BCUT2D eigenvalue weighted by molar-refractivity contribution is 0.102. The highest BCUT2D eigenvalue weighted by Crippen LogP contribution is 2.27. The largest absolute Gasteiger partial charge is 0.491 e. The predicted molar refractivity (Wildman–Crippen MR) is 103 cm³/mol. The lowest BCUT2D eigenvalue weighted by Crippen LogP contribution is -2.15. The molecule has 0 fully saturated rings. The van der Waals surface area contributed by atoms with Gasteiger partial charge in [-0.3, -0.25) is 4.79 Å². The van der Waals surface area contributed by atoms with Gasteiger partial charge in [0.15, 0.2) is 0 Å². The van der Waals surface area contributed by atoms with Crippen LogP contribution in [-0.4, -0.2) is 12.0 Å². The summed E-state index contributed by atoms with van der Waals surface area (Å²) in [7, 11) is 0. The Morgan fingerprint density at radius 3 is 2.54 bits per heavy atom. The average Bonchev–Trinajstić information content (AvgIpc) is 2.56. The smallest absolute Gasteiger partial charge is 0.337 e. The van der Waals surface area contributed by atoms with E-state index in [-0.39, 0.29) is 17.3 Å². The molecule has 0 radical (unpaired) electrons. The van der Waals surface area contributed by atoms with E-state index in [1.807, 2.05) is 13.8 Å². The van der Waals surface area contributed by atoms with Crippen LogP contribution in [0.15, 0.2) is 51.7 Å². The van der Waals surface area contributed by atoms with Crippen LogP contribution in [0.4, 0.5) is 5.69 Å². The minimum atomic E-state index is -0.626. The zero-order valence-electron chi connectivity index (χ0n) is 14.0. The molecule has 1 amide bonds. The number of halogens is 2. The number of anilines is 1. The first-order valence-corrected chi connectivity index (χ1v) is 8.60. The number of benzene rings is 2. The van der Waals surface area contributed by atoms with Gasteiger partial charge in [0.25, 0.3) is 5.91 Å². The minimum absolute atomic E-state index is 0.0275. The maximum Gasteiger partial charge on any atom is 0.337 e. The molecule has 3 rings (SSSR count).